The highest BCUT2D eigenvalue weighted by Crippen LogP contribution is 2.38. The molecular formula is C42H50N2O4+2. The van der Waals surface area contributed by atoms with Crippen molar-refractivity contribution in [3.8, 4) is 0 Å². The van der Waals surface area contributed by atoms with Gasteiger partial charge in [-0.1, -0.05) is 109 Å². The monoisotopic (exact) mass is 646 g/mol. The normalized spacial score (nSPS) is 23.0. The number of esters is 2. The van der Waals surface area contributed by atoms with Crippen molar-refractivity contribution in [1.29, 1.82) is 0 Å². The van der Waals surface area contributed by atoms with E-state index in [1.54, 1.807) is 0 Å². The molecule has 0 fully saturated rings. The van der Waals surface area contributed by atoms with Gasteiger partial charge in [-0.15, -0.1) is 0 Å². The van der Waals surface area contributed by atoms with Crippen LogP contribution in [0.5, 0.6) is 0 Å². The highest BCUT2D eigenvalue weighted by molar-refractivity contribution is 5.77. The van der Waals surface area contributed by atoms with Crippen LogP contribution in [0.2, 0.25) is 0 Å². The van der Waals surface area contributed by atoms with Gasteiger partial charge in [-0.25, -0.2) is 0 Å². The molecule has 0 N–H and O–H groups in total. The largest absolute Gasteiger partial charge is 0.460 e. The van der Waals surface area contributed by atoms with Gasteiger partial charge in [0.05, 0.1) is 40.0 Å². The van der Waals surface area contributed by atoms with Gasteiger partial charge < -0.3 is 18.4 Å². The number of carbonyl (C=O) groups excluding carboxylic acids is 2. The molecule has 250 valence electrons. The summed E-state index contributed by atoms with van der Waals surface area (Å²) in [5.41, 5.74) is 8.23. The summed E-state index contributed by atoms with van der Waals surface area (Å²) in [5, 5.41) is 0. The summed E-state index contributed by atoms with van der Waals surface area (Å²) < 4.78 is 13.0. The molecule has 6 nitrogen and oxygen atoms in total. The Labute approximate surface area is 286 Å². The molecular weight excluding hydrogens is 596 g/mol. The Morgan fingerprint density at radius 2 is 0.938 bits per heavy atom. The molecule has 0 aliphatic carbocycles. The van der Waals surface area contributed by atoms with E-state index in [1.165, 1.54) is 33.4 Å². The first kappa shape index (κ1) is 33.6. The second kappa shape index (κ2) is 15.3. The predicted molar refractivity (Wildman–Crippen MR) is 189 cm³/mol. The third-order valence-electron chi connectivity index (χ3n) is 10.9. The van der Waals surface area contributed by atoms with Crippen molar-refractivity contribution < 1.29 is 28.0 Å². The van der Waals surface area contributed by atoms with E-state index in [9.17, 15) is 9.59 Å². The minimum atomic E-state index is -0.342. The van der Waals surface area contributed by atoms with Crippen LogP contribution in [0.3, 0.4) is 0 Å². The van der Waals surface area contributed by atoms with Crippen LogP contribution >= 0.6 is 0 Å². The van der Waals surface area contributed by atoms with E-state index in [-0.39, 0.29) is 36.9 Å². The third-order valence-corrected chi connectivity index (χ3v) is 10.9. The van der Waals surface area contributed by atoms with Crippen molar-refractivity contribution >= 4 is 11.9 Å². The molecule has 2 aliphatic heterocycles. The SMILES string of the molecule is C[N@@+]1(CCOC(=O)CCC(=O)OCC[N@+]2(C)CCc3ccccc3[C@H]2Cc2ccccc2)CCc2ccccc2[C@H]1Cc1ccccc1. The zero-order valence-electron chi connectivity index (χ0n) is 28.6. The van der Waals surface area contributed by atoms with Gasteiger partial charge >= 0.3 is 11.9 Å². The van der Waals surface area contributed by atoms with Gasteiger partial charge in [0.2, 0.25) is 0 Å². The van der Waals surface area contributed by atoms with Gasteiger partial charge in [0.25, 0.3) is 0 Å². The molecule has 0 radical (unpaired) electrons. The van der Waals surface area contributed by atoms with Crippen LogP contribution in [0.1, 0.15) is 58.3 Å². The van der Waals surface area contributed by atoms with E-state index in [2.05, 4.69) is 123 Å². The molecule has 48 heavy (non-hydrogen) atoms. The summed E-state index contributed by atoms with van der Waals surface area (Å²) in [6, 6.07) is 39.3. The predicted octanol–water partition coefficient (Wildman–Crippen LogP) is 6.83. The number of hydrogen-bond donors (Lipinski definition) is 0. The van der Waals surface area contributed by atoms with Gasteiger partial charge in [0, 0.05) is 36.8 Å². The number of ether oxygens (including phenoxy) is 2. The fourth-order valence-electron chi connectivity index (χ4n) is 7.86. The van der Waals surface area contributed by atoms with Crippen LogP contribution in [0.15, 0.2) is 109 Å². The molecule has 4 aromatic carbocycles. The lowest BCUT2D eigenvalue weighted by atomic mass is 9.87. The van der Waals surface area contributed by atoms with Crippen LogP contribution in [0.25, 0.3) is 0 Å². The third kappa shape index (κ3) is 8.05. The maximum atomic E-state index is 12.7. The lowest BCUT2D eigenvalue weighted by Crippen LogP contribution is -2.53. The molecule has 0 spiro atoms. The summed E-state index contributed by atoms with van der Waals surface area (Å²) in [6.07, 6.45) is 3.96. The topological polar surface area (TPSA) is 52.6 Å². The molecule has 2 aliphatic rings. The Morgan fingerprint density at radius 3 is 1.35 bits per heavy atom. The molecule has 0 saturated carbocycles. The Hall–Kier alpha value is -4.26. The van der Waals surface area contributed by atoms with Crippen molar-refractivity contribution in [2.45, 2.75) is 50.6 Å². The molecule has 6 rings (SSSR count). The quantitative estimate of drug-likeness (QED) is 0.118. The Bertz CT molecular complexity index is 1550. The number of fused-ring (bicyclic) bond motifs is 2. The van der Waals surface area contributed by atoms with Gasteiger partial charge in [-0.3, -0.25) is 9.59 Å². The number of rotatable bonds is 13. The average Bonchev–Trinajstić information content (AvgIpc) is 3.11. The lowest BCUT2D eigenvalue weighted by Gasteiger charge is -2.45. The molecule has 6 heteroatoms. The van der Waals surface area contributed by atoms with Crippen molar-refractivity contribution in [2.75, 3.05) is 53.5 Å². The number of likely N-dealkylation sites (N-methyl/N-ethyl adjacent to an activating group) is 2. The average molecular weight is 647 g/mol. The number of hydrogen-bond acceptors (Lipinski definition) is 4. The summed E-state index contributed by atoms with van der Waals surface area (Å²) in [7, 11) is 4.56. The highest BCUT2D eigenvalue weighted by Gasteiger charge is 2.40. The van der Waals surface area contributed by atoms with E-state index in [0.29, 0.717) is 13.2 Å². The Morgan fingerprint density at radius 1 is 0.562 bits per heavy atom. The number of quaternary nitrogens is 2. The van der Waals surface area contributed by atoms with E-state index in [1.807, 2.05) is 0 Å². The fraction of sp³-hybridized carbons (Fsp3) is 0.381. The van der Waals surface area contributed by atoms with Gasteiger partial charge in [0.1, 0.15) is 38.4 Å². The number of carbonyl (C=O) groups is 2. The van der Waals surface area contributed by atoms with E-state index in [4.69, 9.17) is 9.47 Å². The minimum absolute atomic E-state index is 0.0367. The first-order valence-electron chi connectivity index (χ1n) is 17.6. The second-order valence-electron chi connectivity index (χ2n) is 14.1. The number of nitrogens with zero attached hydrogens (tertiary/aromatic N) is 2. The molecule has 0 bridgehead atoms. The van der Waals surface area contributed by atoms with Crippen LogP contribution in [0.4, 0.5) is 0 Å². The standard InChI is InChI=1S/C42H50N2O4/c1-43(25-23-35-17-9-11-19-37(35)39(43)31-33-13-5-3-6-14-33)27-29-47-41(45)21-22-42(46)48-30-28-44(2)26-24-36-18-10-12-20-38(36)40(44)32-34-15-7-4-8-16-34/h3-20,39-40H,21-32H2,1-2H3/q+2/t39-,40-,43+,44+/m1/s1. The van der Waals surface area contributed by atoms with Crippen molar-refractivity contribution in [2.24, 2.45) is 0 Å². The van der Waals surface area contributed by atoms with E-state index >= 15 is 0 Å². The number of benzene rings is 4. The van der Waals surface area contributed by atoms with E-state index < -0.39 is 0 Å². The molecule has 4 atom stereocenters. The Balaban J connectivity index is 0.976. The van der Waals surface area contributed by atoms with Crippen LogP contribution in [-0.4, -0.2) is 74.4 Å². The summed E-state index contributed by atoms with van der Waals surface area (Å²) >= 11 is 0. The summed E-state index contributed by atoms with van der Waals surface area (Å²) in [6.45, 7) is 4.11. The first-order chi connectivity index (χ1) is 23.3. The second-order valence-corrected chi connectivity index (χ2v) is 14.1. The minimum Gasteiger partial charge on any atom is -0.460 e. The van der Waals surface area contributed by atoms with Gasteiger partial charge in [-0.2, -0.15) is 0 Å². The fourth-order valence-corrected chi connectivity index (χ4v) is 7.86. The first-order valence-corrected chi connectivity index (χ1v) is 17.6. The highest BCUT2D eigenvalue weighted by atomic mass is 16.5. The molecule has 0 saturated heterocycles. The lowest BCUT2D eigenvalue weighted by molar-refractivity contribution is -0.941. The zero-order valence-corrected chi connectivity index (χ0v) is 28.6. The molecule has 2 heterocycles. The van der Waals surface area contributed by atoms with Gasteiger partial charge in [0.15, 0.2) is 0 Å². The van der Waals surface area contributed by atoms with Crippen LogP contribution in [-0.2, 0) is 44.7 Å². The maximum absolute atomic E-state index is 12.7. The van der Waals surface area contributed by atoms with E-state index in [0.717, 1.165) is 60.8 Å². The zero-order chi connectivity index (χ0) is 33.4. The Kier molecular flexibility index (Phi) is 10.7. The van der Waals surface area contributed by atoms with Crippen LogP contribution in [0, 0.1) is 0 Å². The summed E-state index contributed by atoms with van der Waals surface area (Å²) in [5.74, 6) is -0.685. The van der Waals surface area contributed by atoms with Crippen molar-refractivity contribution in [1.82, 2.24) is 0 Å². The van der Waals surface area contributed by atoms with Crippen LogP contribution < -0.4 is 0 Å². The molecule has 0 aromatic heterocycles. The molecule has 0 amide bonds. The van der Waals surface area contributed by atoms with Crippen molar-refractivity contribution in [3.05, 3.63) is 143 Å². The maximum Gasteiger partial charge on any atom is 0.306 e. The summed E-state index contributed by atoms with van der Waals surface area (Å²) in [4.78, 5) is 25.5. The smallest absolute Gasteiger partial charge is 0.306 e. The van der Waals surface area contributed by atoms with Gasteiger partial charge in [-0.05, 0) is 22.3 Å². The molecule has 4 aromatic rings. The van der Waals surface area contributed by atoms with Crippen molar-refractivity contribution in [3.63, 3.8) is 0 Å². The molecule has 0 unspecified atom stereocenters.